The molecule has 0 aliphatic carbocycles. The van der Waals surface area contributed by atoms with Crippen LogP contribution in [0.2, 0.25) is 0 Å². The number of hydrogen-bond donors (Lipinski definition) is 0. The van der Waals surface area contributed by atoms with Gasteiger partial charge in [0.2, 0.25) is 0 Å². The zero-order chi connectivity index (χ0) is 29.8. The Balaban J connectivity index is 1.52. The normalized spacial score (nSPS) is 11.1. The topological polar surface area (TPSA) is 94.1 Å². The molecule has 0 spiro atoms. The minimum absolute atomic E-state index is 0.549. The fraction of sp³-hybridized carbons (Fsp3) is 0. The highest BCUT2D eigenvalue weighted by Gasteiger charge is 2.19. The predicted molar refractivity (Wildman–Crippen MR) is 172 cm³/mol. The maximum atomic E-state index is 10.0. The smallest absolute Gasteiger partial charge is 0.145 e. The fourth-order valence-electron chi connectivity index (χ4n) is 6.34. The van der Waals surface area contributed by atoms with E-state index in [9.17, 15) is 15.8 Å². The van der Waals surface area contributed by atoms with E-state index in [-0.39, 0.29) is 0 Å². The summed E-state index contributed by atoms with van der Waals surface area (Å²) < 4.78 is 4.33. The van der Waals surface area contributed by atoms with E-state index in [0.717, 1.165) is 66.2 Å². The number of aromatic nitrogens is 3. The molecular formula is C38H20N6. The number of pyridine rings is 1. The third kappa shape index (κ3) is 3.68. The summed E-state index contributed by atoms with van der Waals surface area (Å²) in [6, 6.07) is 44.4. The Kier molecular flexibility index (Phi) is 5.53. The zero-order valence-corrected chi connectivity index (χ0v) is 23.2. The van der Waals surface area contributed by atoms with Crippen molar-refractivity contribution >= 4 is 43.7 Å². The number of benzene rings is 5. The highest BCUT2D eigenvalue weighted by atomic mass is 15.1. The van der Waals surface area contributed by atoms with Crippen molar-refractivity contribution in [2.45, 2.75) is 0 Å². The molecule has 8 rings (SSSR count). The predicted octanol–water partition coefficient (Wildman–Crippen LogP) is 8.56. The minimum atomic E-state index is 0.549. The van der Waals surface area contributed by atoms with E-state index >= 15 is 0 Å². The van der Waals surface area contributed by atoms with Crippen molar-refractivity contribution < 1.29 is 0 Å². The molecule has 3 heterocycles. The summed E-state index contributed by atoms with van der Waals surface area (Å²) in [5.41, 5.74) is 8.84. The Bertz CT molecular complexity index is 2470. The van der Waals surface area contributed by atoms with E-state index in [1.807, 2.05) is 78.9 Å². The summed E-state index contributed by atoms with van der Waals surface area (Å²) in [5.74, 6) is 0. The lowest BCUT2D eigenvalue weighted by molar-refractivity contribution is 1.11. The summed E-state index contributed by atoms with van der Waals surface area (Å²) in [4.78, 5) is 4.80. The lowest BCUT2D eigenvalue weighted by Crippen LogP contribution is -2.01. The van der Waals surface area contributed by atoms with Gasteiger partial charge >= 0.3 is 0 Å². The second-order valence-electron chi connectivity index (χ2n) is 10.6. The van der Waals surface area contributed by atoms with Crippen LogP contribution in [0.1, 0.15) is 16.7 Å². The third-order valence-electron chi connectivity index (χ3n) is 8.23. The van der Waals surface area contributed by atoms with Crippen molar-refractivity contribution in [3.8, 4) is 40.7 Å². The third-order valence-corrected chi connectivity index (χ3v) is 8.23. The molecule has 0 amide bonds. The molecule has 0 N–H and O–H groups in total. The highest BCUT2D eigenvalue weighted by Crippen LogP contribution is 2.38. The molecular weight excluding hydrogens is 540 g/mol. The molecule has 8 aromatic rings. The average molecular weight is 561 g/mol. The molecule has 6 heteroatoms. The highest BCUT2D eigenvalue weighted by molar-refractivity contribution is 6.11. The SMILES string of the molecule is N#Cc1ccc2c(c1)c1cc(C#N)ccc1n2-c1cc(-c2ccccc2C#N)cc(-n2c3ccccc3c3cccnc32)c1. The summed E-state index contributed by atoms with van der Waals surface area (Å²) in [6.45, 7) is 0. The van der Waals surface area contributed by atoms with Gasteiger partial charge in [0.15, 0.2) is 0 Å². The molecule has 0 saturated carbocycles. The number of para-hydroxylation sites is 1. The summed E-state index contributed by atoms with van der Waals surface area (Å²) in [7, 11) is 0. The van der Waals surface area contributed by atoms with E-state index in [2.05, 4.69) is 63.7 Å². The maximum Gasteiger partial charge on any atom is 0.145 e. The Morgan fingerprint density at radius 3 is 1.82 bits per heavy atom. The zero-order valence-electron chi connectivity index (χ0n) is 23.2. The van der Waals surface area contributed by atoms with Gasteiger partial charge in [0, 0.05) is 33.4 Å². The number of fused-ring (bicyclic) bond motifs is 6. The van der Waals surface area contributed by atoms with Crippen LogP contribution in [0.15, 0.2) is 121 Å². The first-order chi connectivity index (χ1) is 21.7. The average Bonchev–Trinajstić information content (AvgIpc) is 3.60. The van der Waals surface area contributed by atoms with E-state index < -0.39 is 0 Å². The van der Waals surface area contributed by atoms with Crippen molar-refractivity contribution in [3.05, 3.63) is 138 Å². The molecule has 0 saturated heterocycles. The van der Waals surface area contributed by atoms with Gasteiger partial charge in [-0.2, -0.15) is 15.8 Å². The van der Waals surface area contributed by atoms with Crippen LogP contribution in [0.5, 0.6) is 0 Å². The lowest BCUT2D eigenvalue weighted by Gasteiger charge is -2.16. The van der Waals surface area contributed by atoms with E-state index in [4.69, 9.17) is 4.98 Å². The maximum absolute atomic E-state index is 10.0. The van der Waals surface area contributed by atoms with Crippen LogP contribution in [0, 0.1) is 34.0 Å². The molecule has 0 bridgehead atoms. The van der Waals surface area contributed by atoms with Crippen molar-refractivity contribution in [1.29, 1.82) is 15.8 Å². The molecule has 0 aliphatic rings. The van der Waals surface area contributed by atoms with E-state index in [1.54, 1.807) is 6.20 Å². The minimum Gasteiger partial charge on any atom is -0.309 e. The van der Waals surface area contributed by atoms with Gasteiger partial charge in [0.25, 0.3) is 0 Å². The Labute approximate surface area is 252 Å². The van der Waals surface area contributed by atoms with Gasteiger partial charge in [-0.25, -0.2) is 4.98 Å². The van der Waals surface area contributed by atoms with Crippen LogP contribution < -0.4 is 0 Å². The van der Waals surface area contributed by atoms with Crippen molar-refractivity contribution in [3.63, 3.8) is 0 Å². The first-order valence-corrected chi connectivity index (χ1v) is 14.1. The molecule has 0 fully saturated rings. The number of hydrogen-bond acceptors (Lipinski definition) is 4. The van der Waals surface area contributed by atoms with Gasteiger partial charge in [-0.1, -0.05) is 36.4 Å². The van der Waals surface area contributed by atoms with Crippen LogP contribution in [-0.4, -0.2) is 14.1 Å². The quantitative estimate of drug-likeness (QED) is 0.216. The van der Waals surface area contributed by atoms with Gasteiger partial charge in [0.1, 0.15) is 5.65 Å². The van der Waals surface area contributed by atoms with Gasteiger partial charge in [0.05, 0.1) is 57.1 Å². The molecule has 5 aromatic carbocycles. The standard InChI is InChI=1S/C38H20N6/c39-21-24-11-13-36-33(16-24)34-17-25(22-40)12-14-37(34)43(36)28-18-27(30-7-2-1-6-26(30)23-41)19-29(20-28)44-35-10-4-3-8-31(35)32-9-5-15-42-38(32)44/h1-20H. The number of nitriles is 3. The monoisotopic (exact) mass is 560 g/mol. The largest absolute Gasteiger partial charge is 0.309 e. The molecule has 3 aromatic heterocycles. The summed E-state index contributed by atoms with van der Waals surface area (Å²) >= 11 is 0. The summed E-state index contributed by atoms with van der Waals surface area (Å²) in [5, 5.41) is 33.3. The fourth-order valence-corrected chi connectivity index (χ4v) is 6.34. The first kappa shape index (κ1) is 25.1. The van der Waals surface area contributed by atoms with Crippen LogP contribution in [0.3, 0.4) is 0 Å². The van der Waals surface area contributed by atoms with Crippen molar-refractivity contribution in [1.82, 2.24) is 14.1 Å². The van der Waals surface area contributed by atoms with Crippen molar-refractivity contribution in [2.24, 2.45) is 0 Å². The van der Waals surface area contributed by atoms with Crippen LogP contribution in [-0.2, 0) is 0 Å². The van der Waals surface area contributed by atoms with E-state index in [0.29, 0.717) is 16.7 Å². The molecule has 0 radical (unpaired) electrons. The number of rotatable bonds is 3. The number of nitrogens with zero attached hydrogens (tertiary/aromatic N) is 6. The van der Waals surface area contributed by atoms with Crippen LogP contribution >= 0.6 is 0 Å². The molecule has 6 nitrogen and oxygen atoms in total. The second-order valence-corrected chi connectivity index (χ2v) is 10.6. The second kappa shape index (κ2) is 9.71. The van der Waals surface area contributed by atoms with Crippen molar-refractivity contribution in [2.75, 3.05) is 0 Å². The Morgan fingerprint density at radius 1 is 0.500 bits per heavy atom. The van der Waals surface area contributed by atoms with E-state index in [1.165, 1.54) is 0 Å². The Hall–Kier alpha value is -6.68. The molecule has 44 heavy (non-hydrogen) atoms. The first-order valence-electron chi connectivity index (χ1n) is 14.1. The van der Waals surface area contributed by atoms with Gasteiger partial charge < -0.3 is 4.57 Å². The Morgan fingerprint density at radius 2 is 1.11 bits per heavy atom. The van der Waals surface area contributed by atoms with Crippen LogP contribution in [0.4, 0.5) is 0 Å². The molecule has 0 atom stereocenters. The molecule has 202 valence electrons. The van der Waals surface area contributed by atoms with Gasteiger partial charge in [-0.3, -0.25) is 4.57 Å². The molecule has 0 unspecified atom stereocenters. The van der Waals surface area contributed by atoms with Gasteiger partial charge in [-0.05, 0) is 90.0 Å². The van der Waals surface area contributed by atoms with Gasteiger partial charge in [-0.15, -0.1) is 0 Å². The lowest BCUT2D eigenvalue weighted by atomic mass is 9.99. The molecule has 0 aliphatic heterocycles. The van der Waals surface area contributed by atoms with Crippen LogP contribution in [0.25, 0.3) is 66.2 Å². The summed E-state index contributed by atoms with van der Waals surface area (Å²) in [6.07, 6.45) is 1.81.